The Morgan fingerprint density at radius 3 is 2.50 bits per heavy atom. The zero-order valence-electron chi connectivity index (χ0n) is 10.2. The molecule has 1 fully saturated rings. The first-order valence-corrected chi connectivity index (χ1v) is 7.28. The predicted octanol–water partition coefficient (Wildman–Crippen LogP) is 3.71. The van der Waals surface area contributed by atoms with Gasteiger partial charge in [-0.25, -0.2) is 0 Å². The van der Waals surface area contributed by atoms with Crippen LogP contribution < -0.4 is 4.74 Å². The maximum atomic E-state index is 10.7. The molecule has 1 aromatic carbocycles. The SMILES string of the molecule is O=C(O)CCC1(COc2ccc(I)cc2)CCC1. The number of carboxylic acid groups (broad SMARTS) is 1. The van der Waals surface area contributed by atoms with Gasteiger partial charge in [-0.05, 0) is 66.1 Å². The van der Waals surface area contributed by atoms with Crippen molar-refractivity contribution in [3.63, 3.8) is 0 Å². The topological polar surface area (TPSA) is 46.5 Å². The zero-order chi connectivity index (χ0) is 13.0. The fourth-order valence-electron chi connectivity index (χ4n) is 2.28. The number of hydrogen-bond donors (Lipinski definition) is 1. The Morgan fingerprint density at radius 1 is 1.33 bits per heavy atom. The molecule has 0 unspecified atom stereocenters. The van der Waals surface area contributed by atoms with Gasteiger partial charge >= 0.3 is 5.97 Å². The molecule has 0 saturated heterocycles. The van der Waals surface area contributed by atoms with E-state index in [1.165, 1.54) is 9.99 Å². The lowest BCUT2D eigenvalue weighted by Gasteiger charge is -2.41. The van der Waals surface area contributed by atoms with Gasteiger partial charge in [-0.3, -0.25) is 4.79 Å². The number of hydrogen-bond acceptors (Lipinski definition) is 2. The van der Waals surface area contributed by atoms with E-state index in [9.17, 15) is 4.79 Å². The second kappa shape index (κ2) is 5.91. The van der Waals surface area contributed by atoms with Crippen LogP contribution >= 0.6 is 22.6 Å². The van der Waals surface area contributed by atoms with Gasteiger partial charge in [-0.2, -0.15) is 0 Å². The molecule has 1 N–H and O–H groups in total. The van der Waals surface area contributed by atoms with Crippen molar-refractivity contribution in [1.82, 2.24) is 0 Å². The molecule has 2 rings (SSSR count). The predicted molar refractivity (Wildman–Crippen MR) is 77.8 cm³/mol. The largest absolute Gasteiger partial charge is 0.493 e. The summed E-state index contributed by atoms with van der Waals surface area (Å²) in [6, 6.07) is 7.96. The van der Waals surface area contributed by atoms with Gasteiger partial charge in [0.25, 0.3) is 0 Å². The number of benzene rings is 1. The lowest BCUT2D eigenvalue weighted by atomic mass is 9.66. The minimum absolute atomic E-state index is 0.0986. The molecule has 0 spiro atoms. The van der Waals surface area contributed by atoms with E-state index in [0.717, 1.165) is 25.0 Å². The van der Waals surface area contributed by atoms with E-state index >= 15 is 0 Å². The first-order valence-electron chi connectivity index (χ1n) is 6.20. The van der Waals surface area contributed by atoms with Crippen LogP contribution in [0.15, 0.2) is 24.3 Å². The Balaban J connectivity index is 1.86. The summed E-state index contributed by atoms with van der Waals surface area (Å²) in [5.41, 5.74) is 0.0986. The lowest BCUT2D eigenvalue weighted by Crippen LogP contribution is -2.36. The van der Waals surface area contributed by atoms with Crippen LogP contribution in [-0.2, 0) is 4.79 Å². The third kappa shape index (κ3) is 3.60. The summed E-state index contributed by atoms with van der Waals surface area (Å²) in [6.07, 6.45) is 4.34. The number of carbonyl (C=O) groups is 1. The number of ether oxygens (including phenoxy) is 1. The van der Waals surface area contributed by atoms with Crippen molar-refractivity contribution in [2.45, 2.75) is 32.1 Å². The van der Waals surface area contributed by atoms with Gasteiger partial charge in [-0.15, -0.1) is 0 Å². The smallest absolute Gasteiger partial charge is 0.303 e. The maximum absolute atomic E-state index is 10.7. The lowest BCUT2D eigenvalue weighted by molar-refractivity contribution is -0.138. The van der Waals surface area contributed by atoms with E-state index < -0.39 is 5.97 Å². The molecular formula is C14H17IO3. The van der Waals surface area contributed by atoms with Crippen LogP contribution in [0.25, 0.3) is 0 Å². The minimum atomic E-state index is -0.712. The second-order valence-electron chi connectivity index (χ2n) is 4.99. The molecule has 0 atom stereocenters. The van der Waals surface area contributed by atoms with Crippen LogP contribution in [0.1, 0.15) is 32.1 Å². The molecule has 18 heavy (non-hydrogen) atoms. The Hall–Kier alpha value is -0.780. The van der Waals surface area contributed by atoms with Crippen LogP contribution in [0.3, 0.4) is 0 Å². The minimum Gasteiger partial charge on any atom is -0.493 e. The third-order valence-electron chi connectivity index (χ3n) is 3.64. The average molecular weight is 360 g/mol. The Kier molecular flexibility index (Phi) is 4.48. The highest BCUT2D eigenvalue weighted by Gasteiger charge is 2.37. The van der Waals surface area contributed by atoms with Crippen LogP contribution in [0.5, 0.6) is 5.75 Å². The van der Waals surface area contributed by atoms with Crippen molar-refractivity contribution >= 4 is 28.6 Å². The third-order valence-corrected chi connectivity index (χ3v) is 4.36. The van der Waals surface area contributed by atoms with E-state index in [-0.39, 0.29) is 11.8 Å². The van der Waals surface area contributed by atoms with E-state index in [1.54, 1.807) is 0 Å². The van der Waals surface area contributed by atoms with Crippen molar-refractivity contribution in [2.75, 3.05) is 6.61 Å². The number of halogens is 1. The zero-order valence-corrected chi connectivity index (χ0v) is 12.4. The van der Waals surface area contributed by atoms with Gasteiger partial charge < -0.3 is 9.84 Å². The molecule has 0 aromatic heterocycles. The number of carboxylic acids is 1. The summed E-state index contributed by atoms with van der Waals surface area (Å²) < 4.78 is 6.99. The molecule has 1 aliphatic rings. The molecule has 4 heteroatoms. The standard InChI is InChI=1S/C14H17IO3/c15-11-2-4-12(5-3-11)18-10-14(7-1-8-14)9-6-13(16)17/h2-5H,1,6-10H2,(H,16,17). The molecule has 0 aliphatic heterocycles. The Labute approximate surface area is 121 Å². The molecule has 1 aromatic rings. The molecule has 1 aliphatic carbocycles. The van der Waals surface area contributed by atoms with E-state index in [0.29, 0.717) is 6.61 Å². The van der Waals surface area contributed by atoms with E-state index in [1.807, 2.05) is 24.3 Å². The number of aliphatic carboxylic acids is 1. The highest BCUT2D eigenvalue weighted by atomic mass is 127. The van der Waals surface area contributed by atoms with E-state index in [4.69, 9.17) is 9.84 Å². The summed E-state index contributed by atoms with van der Waals surface area (Å²) in [7, 11) is 0. The van der Waals surface area contributed by atoms with Crippen molar-refractivity contribution in [3.8, 4) is 5.75 Å². The highest BCUT2D eigenvalue weighted by Crippen LogP contribution is 2.45. The monoisotopic (exact) mass is 360 g/mol. The maximum Gasteiger partial charge on any atom is 0.303 e. The van der Waals surface area contributed by atoms with Crippen molar-refractivity contribution < 1.29 is 14.6 Å². The number of rotatable bonds is 6. The van der Waals surface area contributed by atoms with Gasteiger partial charge in [0, 0.05) is 15.4 Å². The summed E-state index contributed by atoms with van der Waals surface area (Å²) in [5.74, 6) is 0.160. The van der Waals surface area contributed by atoms with Crippen molar-refractivity contribution in [3.05, 3.63) is 27.8 Å². The van der Waals surface area contributed by atoms with Crippen molar-refractivity contribution in [1.29, 1.82) is 0 Å². The molecular weight excluding hydrogens is 343 g/mol. The quantitative estimate of drug-likeness (QED) is 0.787. The normalized spacial score (nSPS) is 16.9. The van der Waals surface area contributed by atoms with Gasteiger partial charge in [-0.1, -0.05) is 6.42 Å². The van der Waals surface area contributed by atoms with Crippen LogP contribution in [0.2, 0.25) is 0 Å². The molecule has 98 valence electrons. The molecule has 1 saturated carbocycles. The summed E-state index contributed by atoms with van der Waals surface area (Å²) >= 11 is 2.26. The van der Waals surface area contributed by atoms with Crippen LogP contribution in [0, 0.1) is 8.99 Å². The summed E-state index contributed by atoms with van der Waals surface area (Å²) in [6.45, 7) is 0.640. The Bertz CT molecular complexity index is 410. The van der Waals surface area contributed by atoms with Crippen LogP contribution in [-0.4, -0.2) is 17.7 Å². The van der Waals surface area contributed by atoms with Gasteiger partial charge in [0.05, 0.1) is 6.61 Å². The van der Waals surface area contributed by atoms with Crippen molar-refractivity contribution in [2.24, 2.45) is 5.41 Å². The van der Waals surface area contributed by atoms with Crippen LogP contribution in [0.4, 0.5) is 0 Å². The first-order chi connectivity index (χ1) is 8.60. The van der Waals surface area contributed by atoms with E-state index in [2.05, 4.69) is 22.6 Å². The first kappa shape index (κ1) is 13.6. The van der Waals surface area contributed by atoms with Gasteiger partial charge in [0.15, 0.2) is 0 Å². The van der Waals surface area contributed by atoms with Gasteiger partial charge in [0.1, 0.15) is 5.75 Å². The second-order valence-corrected chi connectivity index (χ2v) is 6.24. The molecule has 0 radical (unpaired) electrons. The molecule has 0 heterocycles. The fraction of sp³-hybridized carbons (Fsp3) is 0.500. The molecule has 0 amide bonds. The fourth-order valence-corrected chi connectivity index (χ4v) is 2.64. The highest BCUT2D eigenvalue weighted by molar-refractivity contribution is 14.1. The van der Waals surface area contributed by atoms with Gasteiger partial charge in [0.2, 0.25) is 0 Å². The summed E-state index contributed by atoms with van der Waals surface area (Å²) in [5, 5.41) is 8.77. The molecule has 0 bridgehead atoms. The average Bonchev–Trinajstić information content (AvgIpc) is 2.29. The molecule has 3 nitrogen and oxygen atoms in total. The Morgan fingerprint density at radius 2 is 2.00 bits per heavy atom. The summed E-state index contributed by atoms with van der Waals surface area (Å²) in [4.78, 5) is 10.7.